The molecule has 0 radical (unpaired) electrons. The van der Waals surface area contributed by atoms with E-state index in [1.807, 2.05) is 0 Å². The van der Waals surface area contributed by atoms with Crippen molar-refractivity contribution >= 4 is 17.2 Å². The highest BCUT2D eigenvalue weighted by Crippen LogP contribution is 2.34. The maximum Gasteiger partial charge on any atom is 0.128 e. The van der Waals surface area contributed by atoms with E-state index in [9.17, 15) is 4.39 Å². The van der Waals surface area contributed by atoms with Gasteiger partial charge in [-0.3, -0.25) is 4.90 Å². The Morgan fingerprint density at radius 3 is 2.65 bits per heavy atom. The van der Waals surface area contributed by atoms with Crippen LogP contribution < -0.4 is 5.73 Å². The van der Waals surface area contributed by atoms with Gasteiger partial charge < -0.3 is 5.73 Å². The van der Waals surface area contributed by atoms with Crippen molar-refractivity contribution in [1.29, 1.82) is 0 Å². The Morgan fingerprint density at radius 1 is 1.45 bits per heavy atom. The number of halogens is 1. The number of hydrogen-bond donors (Lipinski definition) is 1. The van der Waals surface area contributed by atoms with Crippen LogP contribution >= 0.6 is 12.2 Å². The topological polar surface area (TPSA) is 29.3 Å². The third kappa shape index (κ3) is 3.55. The smallest absolute Gasteiger partial charge is 0.128 e. The zero-order valence-corrected chi connectivity index (χ0v) is 13.3. The average Bonchev–Trinajstić information content (AvgIpc) is 2.80. The molecule has 0 aromatic heterocycles. The molecule has 1 saturated heterocycles. The molecule has 0 aliphatic carbocycles. The second-order valence-electron chi connectivity index (χ2n) is 6.76. The van der Waals surface area contributed by atoms with Crippen LogP contribution in [0.5, 0.6) is 0 Å². The Hall–Kier alpha value is -1.00. The van der Waals surface area contributed by atoms with E-state index in [1.165, 1.54) is 12.5 Å². The van der Waals surface area contributed by atoms with Crippen molar-refractivity contribution in [1.82, 2.24) is 4.90 Å². The Morgan fingerprint density at radius 2 is 2.15 bits per heavy atom. The standard InChI is InChI=1S/C16H23FN2S/c1-16(2,3)13-6-7-19(10-13)9-12-5-4-11(15(18)20)8-14(12)17/h4-5,8,13H,6-7,9-10H2,1-3H3,(H2,18,20). The zero-order chi connectivity index (χ0) is 14.9. The first kappa shape index (κ1) is 15.4. The molecule has 1 aliphatic rings. The lowest BCUT2D eigenvalue weighted by molar-refractivity contribution is 0.225. The summed E-state index contributed by atoms with van der Waals surface area (Å²) in [6, 6.07) is 5.04. The van der Waals surface area contributed by atoms with Gasteiger partial charge in [-0.05, 0) is 30.4 Å². The summed E-state index contributed by atoms with van der Waals surface area (Å²) < 4.78 is 14.1. The van der Waals surface area contributed by atoms with Crippen LogP contribution in [-0.2, 0) is 6.54 Å². The second kappa shape index (κ2) is 5.78. The fourth-order valence-electron chi connectivity index (χ4n) is 2.75. The maximum atomic E-state index is 14.1. The number of nitrogens with two attached hydrogens (primary N) is 1. The first-order chi connectivity index (χ1) is 9.27. The summed E-state index contributed by atoms with van der Waals surface area (Å²) in [5.74, 6) is 0.468. The first-order valence-electron chi connectivity index (χ1n) is 7.08. The summed E-state index contributed by atoms with van der Waals surface area (Å²) in [5, 5.41) is 0. The van der Waals surface area contributed by atoms with Gasteiger partial charge >= 0.3 is 0 Å². The maximum absolute atomic E-state index is 14.1. The number of hydrogen-bond acceptors (Lipinski definition) is 2. The van der Waals surface area contributed by atoms with Gasteiger partial charge in [-0.2, -0.15) is 0 Å². The zero-order valence-electron chi connectivity index (χ0n) is 12.4. The molecule has 0 bridgehead atoms. The molecule has 1 heterocycles. The molecule has 2 N–H and O–H groups in total. The van der Waals surface area contributed by atoms with Gasteiger partial charge in [0.25, 0.3) is 0 Å². The highest BCUT2D eigenvalue weighted by molar-refractivity contribution is 7.80. The van der Waals surface area contributed by atoms with Gasteiger partial charge in [-0.15, -0.1) is 0 Å². The van der Waals surface area contributed by atoms with Gasteiger partial charge in [0.05, 0.1) is 0 Å². The van der Waals surface area contributed by atoms with E-state index in [0.717, 1.165) is 18.7 Å². The van der Waals surface area contributed by atoms with Gasteiger partial charge in [0.2, 0.25) is 0 Å². The number of nitrogens with zero attached hydrogens (tertiary/aromatic N) is 1. The van der Waals surface area contributed by atoms with E-state index in [-0.39, 0.29) is 10.8 Å². The minimum atomic E-state index is -0.213. The SMILES string of the molecule is CC(C)(C)C1CCN(Cc2ccc(C(N)=S)cc2F)C1. The minimum absolute atomic E-state index is 0.213. The molecule has 4 heteroatoms. The lowest BCUT2D eigenvalue weighted by atomic mass is 9.80. The Bertz CT molecular complexity index is 508. The third-order valence-electron chi connectivity index (χ3n) is 4.23. The van der Waals surface area contributed by atoms with Crippen LogP contribution in [0.1, 0.15) is 38.3 Å². The Balaban J connectivity index is 2.03. The number of thiocarbonyl (C=S) groups is 1. The summed E-state index contributed by atoms with van der Waals surface area (Å²) in [5.41, 5.74) is 7.15. The summed E-state index contributed by atoms with van der Waals surface area (Å²) in [6.07, 6.45) is 1.19. The van der Waals surface area contributed by atoms with Crippen LogP contribution in [0.25, 0.3) is 0 Å². The quantitative estimate of drug-likeness (QED) is 0.867. The van der Waals surface area contributed by atoms with Gasteiger partial charge in [0.15, 0.2) is 0 Å². The van der Waals surface area contributed by atoms with E-state index in [0.29, 0.717) is 23.4 Å². The number of likely N-dealkylation sites (tertiary alicyclic amines) is 1. The largest absolute Gasteiger partial charge is 0.389 e. The highest BCUT2D eigenvalue weighted by atomic mass is 32.1. The molecule has 0 amide bonds. The van der Waals surface area contributed by atoms with Crippen LogP contribution in [0.4, 0.5) is 4.39 Å². The molecule has 0 saturated carbocycles. The van der Waals surface area contributed by atoms with Gasteiger partial charge in [-0.1, -0.05) is 45.1 Å². The highest BCUT2D eigenvalue weighted by Gasteiger charge is 2.31. The number of rotatable bonds is 3. The summed E-state index contributed by atoms with van der Waals surface area (Å²) >= 11 is 4.87. The average molecular weight is 294 g/mol. The van der Waals surface area contributed by atoms with Gasteiger partial charge in [0.1, 0.15) is 10.8 Å². The molecule has 2 nitrogen and oxygen atoms in total. The molecule has 110 valence electrons. The Labute approximate surface area is 126 Å². The molecular weight excluding hydrogens is 271 g/mol. The van der Waals surface area contributed by atoms with Crippen LogP contribution in [0, 0.1) is 17.2 Å². The molecule has 20 heavy (non-hydrogen) atoms. The molecular formula is C16H23FN2S. The lowest BCUT2D eigenvalue weighted by Gasteiger charge is -2.27. The molecule has 2 rings (SSSR count). The lowest BCUT2D eigenvalue weighted by Crippen LogP contribution is -2.26. The fraction of sp³-hybridized carbons (Fsp3) is 0.562. The van der Waals surface area contributed by atoms with Gasteiger partial charge in [0, 0.05) is 24.2 Å². The molecule has 1 aromatic rings. The molecule has 1 atom stereocenters. The minimum Gasteiger partial charge on any atom is -0.389 e. The van der Waals surface area contributed by atoms with Crippen molar-refractivity contribution in [2.24, 2.45) is 17.1 Å². The van der Waals surface area contributed by atoms with E-state index in [4.69, 9.17) is 18.0 Å². The number of benzene rings is 1. The summed E-state index contributed by atoms with van der Waals surface area (Å²) in [4.78, 5) is 2.57. The molecule has 0 spiro atoms. The third-order valence-corrected chi connectivity index (χ3v) is 4.46. The van der Waals surface area contributed by atoms with Crippen molar-refractivity contribution in [3.8, 4) is 0 Å². The van der Waals surface area contributed by atoms with Crippen LogP contribution in [0.3, 0.4) is 0 Å². The predicted octanol–water partition coefficient (Wildman–Crippen LogP) is 3.33. The molecule has 1 fully saturated rings. The van der Waals surface area contributed by atoms with E-state index in [1.54, 1.807) is 12.1 Å². The second-order valence-corrected chi connectivity index (χ2v) is 7.20. The van der Waals surface area contributed by atoms with Crippen molar-refractivity contribution in [3.05, 3.63) is 35.1 Å². The Kier molecular flexibility index (Phi) is 4.45. The monoisotopic (exact) mass is 294 g/mol. The van der Waals surface area contributed by atoms with E-state index >= 15 is 0 Å². The van der Waals surface area contributed by atoms with E-state index < -0.39 is 0 Å². The van der Waals surface area contributed by atoms with Crippen molar-refractivity contribution < 1.29 is 4.39 Å². The normalized spacial score (nSPS) is 20.3. The molecule has 1 unspecified atom stereocenters. The summed E-state index contributed by atoms with van der Waals surface area (Å²) in [6.45, 7) is 9.57. The van der Waals surface area contributed by atoms with Crippen molar-refractivity contribution in [3.63, 3.8) is 0 Å². The van der Waals surface area contributed by atoms with Crippen molar-refractivity contribution in [2.45, 2.75) is 33.7 Å². The van der Waals surface area contributed by atoms with Crippen molar-refractivity contribution in [2.75, 3.05) is 13.1 Å². The summed E-state index contributed by atoms with van der Waals surface area (Å²) in [7, 11) is 0. The van der Waals surface area contributed by atoms with E-state index in [2.05, 4.69) is 25.7 Å². The first-order valence-corrected chi connectivity index (χ1v) is 7.49. The van der Waals surface area contributed by atoms with Crippen LogP contribution in [0.15, 0.2) is 18.2 Å². The predicted molar refractivity (Wildman–Crippen MR) is 85.1 cm³/mol. The molecule has 1 aromatic carbocycles. The fourth-order valence-corrected chi connectivity index (χ4v) is 2.88. The molecule has 1 aliphatic heterocycles. The van der Waals surface area contributed by atoms with Gasteiger partial charge in [-0.25, -0.2) is 4.39 Å². The van der Waals surface area contributed by atoms with Crippen LogP contribution in [-0.4, -0.2) is 23.0 Å². The van der Waals surface area contributed by atoms with Crippen LogP contribution in [0.2, 0.25) is 0 Å².